The Morgan fingerprint density at radius 2 is 2.04 bits per heavy atom. The number of rotatable bonds is 5. The summed E-state index contributed by atoms with van der Waals surface area (Å²) in [7, 11) is 0. The second-order valence-corrected chi connectivity index (χ2v) is 5.51. The molecule has 0 spiro atoms. The normalized spacial score (nSPS) is 12.1. The highest BCUT2D eigenvalue weighted by molar-refractivity contribution is 5.62. The molecular weight excluding hydrogens is 290 g/mol. The van der Waals surface area contributed by atoms with Crippen LogP contribution in [-0.4, -0.2) is 35.8 Å². The van der Waals surface area contributed by atoms with Gasteiger partial charge in [-0.15, -0.1) is 0 Å². The molecular formula is C16H19N7. The van der Waals surface area contributed by atoms with E-state index in [2.05, 4.69) is 37.3 Å². The summed E-state index contributed by atoms with van der Waals surface area (Å²) in [6.45, 7) is 6.72. The third-order valence-corrected chi connectivity index (χ3v) is 3.46. The van der Waals surface area contributed by atoms with Crippen molar-refractivity contribution in [1.82, 2.24) is 29.7 Å². The maximum absolute atomic E-state index is 4.60. The fourth-order valence-corrected chi connectivity index (χ4v) is 2.41. The number of aryl methyl sites for hydroxylation is 2. The molecule has 0 radical (unpaired) electrons. The number of hydrogen-bond acceptors (Lipinski definition) is 6. The van der Waals surface area contributed by atoms with Crippen LogP contribution in [-0.2, 0) is 6.54 Å². The zero-order chi connectivity index (χ0) is 16.2. The van der Waals surface area contributed by atoms with Crippen molar-refractivity contribution in [1.29, 1.82) is 0 Å². The van der Waals surface area contributed by atoms with Gasteiger partial charge in [-0.1, -0.05) is 0 Å². The minimum atomic E-state index is 0.129. The number of aromatic nitrogens is 6. The summed E-state index contributed by atoms with van der Waals surface area (Å²) in [5, 5.41) is 7.39. The Morgan fingerprint density at radius 1 is 1.17 bits per heavy atom. The van der Waals surface area contributed by atoms with E-state index >= 15 is 0 Å². The molecule has 3 aromatic heterocycles. The molecule has 3 heterocycles. The van der Waals surface area contributed by atoms with Gasteiger partial charge < -0.3 is 5.32 Å². The molecule has 0 fully saturated rings. The van der Waals surface area contributed by atoms with Gasteiger partial charge in [0.15, 0.2) is 0 Å². The highest BCUT2D eigenvalue weighted by Crippen LogP contribution is 2.21. The molecule has 3 aromatic rings. The van der Waals surface area contributed by atoms with Gasteiger partial charge in [0.1, 0.15) is 12.7 Å². The summed E-state index contributed by atoms with van der Waals surface area (Å²) < 4.78 is 1.77. The first kappa shape index (κ1) is 15.1. The van der Waals surface area contributed by atoms with Gasteiger partial charge in [0.25, 0.3) is 0 Å². The van der Waals surface area contributed by atoms with Gasteiger partial charge in [-0.05, 0) is 39.0 Å². The molecule has 7 nitrogen and oxygen atoms in total. The van der Waals surface area contributed by atoms with Gasteiger partial charge in [-0.25, -0.2) is 15.0 Å². The standard InChI is InChI=1S/C16H19N7/c1-11-4-5-14(13(3)20-11)15-6-7-18-16(22-15)21-12(2)8-23-10-17-9-19-23/h4-7,9-10,12H,8H2,1-3H3,(H,18,21,22). The number of pyridine rings is 1. The number of nitrogens with zero attached hydrogens (tertiary/aromatic N) is 6. The van der Waals surface area contributed by atoms with Crippen molar-refractivity contribution >= 4 is 5.95 Å². The molecule has 23 heavy (non-hydrogen) atoms. The Morgan fingerprint density at radius 3 is 2.78 bits per heavy atom. The van der Waals surface area contributed by atoms with Crippen LogP contribution < -0.4 is 5.32 Å². The van der Waals surface area contributed by atoms with Crippen molar-refractivity contribution in [3.8, 4) is 11.3 Å². The first-order valence-electron chi connectivity index (χ1n) is 7.48. The minimum Gasteiger partial charge on any atom is -0.350 e. The largest absolute Gasteiger partial charge is 0.350 e. The van der Waals surface area contributed by atoms with Crippen molar-refractivity contribution in [2.24, 2.45) is 0 Å². The van der Waals surface area contributed by atoms with Crippen LogP contribution in [0.5, 0.6) is 0 Å². The van der Waals surface area contributed by atoms with Crippen LogP contribution in [0.3, 0.4) is 0 Å². The Balaban J connectivity index is 1.77. The second-order valence-electron chi connectivity index (χ2n) is 5.51. The van der Waals surface area contributed by atoms with Crippen LogP contribution in [0.2, 0.25) is 0 Å². The molecule has 7 heteroatoms. The van der Waals surface area contributed by atoms with Crippen LogP contribution >= 0.6 is 0 Å². The smallest absolute Gasteiger partial charge is 0.223 e. The third kappa shape index (κ3) is 3.68. The van der Waals surface area contributed by atoms with E-state index in [1.54, 1.807) is 17.2 Å². The summed E-state index contributed by atoms with van der Waals surface area (Å²) in [6, 6.07) is 6.06. The zero-order valence-corrected chi connectivity index (χ0v) is 13.4. The molecule has 1 atom stereocenters. The lowest BCUT2D eigenvalue weighted by atomic mass is 10.1. The molecule has 0 aromatic carbocycles. The highest BCUT2D eigenvalue weighted by Gasteiger charge is 2.09. The second kappa shape index (κ2) is 6.51. The van der Waals surface area contributed by atoms with E-state index in [0.717, 1.165) is 22.6 Å². The average Bonchev–Trinajstić information content (AvgIpc) is 3.00. The van der Waals surface area contributed by atoms with E-state index in [-0.39, 0.29) is 6.04 Å². The molecule has 0 amide bonds. The van der Waals surface area contributed by atoms with Gasteiger partial charge >= 0.3 is 0 Å². The lowest BCUT2D eigenvalue weighted by Gasteiger charge is -2.14. The van der Waals surface area contributed by atoms with Crippen LogP contribution in [0.4, 0.5) is 5.95 Å². The quantitative estimate of drug-likeness (QED) is 0.778. The van der Waals surface area contributed by atoms with Gasteiger partial charge in [-0.3, -0.25) is 9.67 Å². The van der Waals surface area contributed by atoms with Gasteiger partial charge in [-0.2, -0.15) is 5.10 Å². The average molecular weight is 309 g/mol. The monoisotopic (exact) mass is 309 g/mol. The predicted octanol–water partition coefficient (Wildman–Crippen LogP) is 2.25. The summed E-state index contributed by atoms with van der Waals surface area (Å²) >= 11 is 0. The highest BCUT2D eigenvalue weighted by atomic mass is 15.3. The van der Waals surface area contributed by atoms with Gasteiger partial charge in [0.2, 0.25) is 5.95 Å². The molecule has 0 aliphatic heterocycles. The van der Waals surface area contributed by atoms with E-state index in [9.17, 15) is 0 Å². The van der Waals surface area contributed by atoms with E-state index in [1.165, 1.54) is 6.33 Å². The number of nitrogens with one attached hydrogen (secondary N) is 1. The fourth-order valence-electron chi connectivity index (χ4n) is 2.41. The lowest BCUT2D eigenvalue weighted by molar-refractivity contribution is 0.557. The molecule has 118 valence electrons. The zero-order valence-electron chi connectivity index (χ0n) is 13.4. The van der Waals surface area contributed by atoms with E-state index in [1.807, 2.05) is 32.0 Å². The van der Waals surface area contributed by atoms with Crippen molar-refractivity contribution < 1.29 is 0 Å². The first-order valence-corrected chi connectivity index (χ1v) is 7.48. The van der Waals surface area contributed by atoms with Crippen molar-refractivity contribution in [3.63, 3.8) is 0 Å². The van der Waals surface area contributed by atoms with Crippen LogP contribution in [0.1, 0.15) is 18.3 Å². The first-order chi connectivity index (χ1) is 11.1. The fraction of sp³-hybridized carbons (Fsp3) is 0.312. The summed E-state index contributed by atoms with van der Waals surface area (Å²) in [5.74, 6) is 0.593. The Bertz CT molecular complexity index is 783. The Kier molecular flexibility index (Phi) is 4.27. The van der Waals surface area contributed by atoms with Crippen molar-refractivity contribution in [3.05, 3.63) is 48.4 Å². The van der Waals surface area contributed by atoms with Gasteiger partial charge in [0.05, 0.1) is 12.2 Å². The number of anilines is 1. The van der Waals surface area contributed by atoms with Gasteiger partial charge in [0, 0.05) is 29.2 Å². The molecule has 3 rings (SSSR count). The molecule has 1 unspecified atom stereocenters. The van der Waals surface area contributed by atoms with Crippen LogP contribution in [0.25, 0.3) is 11.3 Å². The molecule has 1 N–H and O–H groups in total. The predicted molar refractivity (Wildman–Crippen MR) is 87.8 cm³/mol. The summed E-state index contributed by atoms with van der Waals surface area (Å²) in [5.41, 5.74) is 3.84. The molecule has 0 bridgehead atoms. The maximum atomic E-state index is 4.60. The van der Waals surface area contributed by atoms with Crippen LogP contribution in [0, 0.1) is 13.8 Å². The van der Waals surface area contributed by atoms with E-state index < -0.39 is 0 Å². The topological polar surface area (TPSA) is 81.4 Å². The van der Waals surface area contributed by atoms with E-state index in [4.69, 9.17) is 0 Å². The summed E-state index contributed by atoms with van der Waals surface area (Å²) in [4.78, 5) is 17.3. The summed E-state index contributed by atoms with van der Waals surface area (Å²) in [6.07, 6.45) is 4.97. The maximum Gasteiger partial charge on any atom is 0.223 e. The van der Waals surface area contributed by atoms with E-state index in [0.29, 0.717) is 12.5 Å². The molecule has 0 saturated heterocycles. The lowest BCUT2D eigenvalue weighted by Crippen LogP contribution is -2.23. The third-order valence-electron chi connectivity index (χ3n) is 3.46. The Hall–Kier alpha value is -2.83. The van der Waals surface area contributed by atoms with Crippen molar-refractivity contribution in [2.75, 3.05) is 5.32 Å². The molecule has 0 aliphatic carbocycles. The molecule has 0 aliphatic rings. The van der Waals surface area contributed by atoms with Crippen LogP contribution in [0.15, 0.2) is 37.1 Å². The molecule has 0 saturated carbocycles. The number of hydrogen-bond donors (Lipinski definition) is 1. The van der Waals surface area contributed by atoms with Crippen molar-refractivity contribution in [2.45, 2.75) is 33.4 Å². The Labute approximate surface area is 134 Å². The SMILES string of the molecule is Cc1ccc(-c2ccnc(NC(C)Cn3cncn3)n2)c(C)n1. The minimum absolute atomic E-state index is 0.129.